The molecule has 0 aliphatic heterocycles. The third-order valence-electron chi connectivity index (χ3n) is 3.67. The van der Waals surface area contributed by atoms with Crippen molar-refractivity contribution in [3.63, 3.8) is 0 Å². The van der Waals surface area contributed by atoms with Crippen LogP contribution in [0, 0.1) is 0 Å². The van der Waals surface area contributed by atoms with Gasteiger partial charge in [0, 0.05) is 6.04 Å². The lowest BCUT2D eigenvalue weighted by Gasteiger charge is -2.12. The number of benzene rings is 1. The molecule has 1 fully saturated rings. The molecular weight excluding hydrogens is 282 g/mol. The first-order valence-electron chi connectivity index (χ1n) is 7.84. The molecule has 1 N–H and O–H groups in total. The molecule has 1 aliphatic rings. The van der Waals surface area contributed by atoms with Gasteiger partial charge in [-0.15, -0.1) is 0 Å². The van der Waals surface area contributed by atoms with Crippen LogP contribution in [0.4, 0.5) is 0 Å². The van der Waals surface area contributed by atoms with Gasteiger partial charge in [-0.3, -0.25) is 9.59 Å². The van der Waals surface area contributed by atoms with Gasteiger partial charge in [0.2, 0.25) is 0 Å². The van der Waals surface area contributed by atoms with Crippen molar-refractivity contribution >= 4 is 11.9 Å². The molecule has 1 amide bonds. The fourth-order valence-electron chi connectivity index (χ4n) is 2.57. The smallest absolute Gasteiger partial charge is 0.310 e. The number of hydrogen-bond donors (Lipinski definition) is 1. The Labute approximate surface area is 131 Å². The molecule has 0 spiro atoms. The van der Waals surface area contributed by atoms with Gasteiger partial charge in [-0.1, -0.05) is 25.0 Å². The maximum absolute atomic E-state index is 11.7. The molecule has 1 aromatic rings. The standard InChI is InChI=1S/C17H23NO4/c1-2-21-15-9-7-13(8-10-15)11-17(20)22-12-16(19)18-14-5-3-4-6-14/h7-10,14H,2-6,11-12H2,1H3,(H,18,19). The van der Waals surface area contributed by atoms with Crippen molar-refractivity contribution in [2.75, 3.05) is 13.2 Å². The highest BCUT2D eigenvalue weighted by Crippen LogP contribution is 2.17. The molecule has 0 aromatic heterocycles. The van der Waals surface area contributed by atoms with Crippen molar-refractivity contribution in [3.05, 3.63) is 29.8 Å². The van der Waals surface area contributed by atoms with Gasteiger partial charge in [-0.2, -0.15) is 0 Å². The SMILES string of the molecule is CCOc1ccc(CC(=O)OCC(=O)NC2CCCC2)cc1. The summed E-state index contributed by atoms with van der Waals surface area (Å²) in [5, 5.41) is 2.89. The first-order valence-corrected chi connectivity index (χ1v) is 7.84. The summed E-state index contributed by atoms with van der Waals surface area (Å²) in [4.78, 5) is 23.4. The van der Waals surface area contributed by atoms with Gasteiger partial charge in [0.25, 0.3) is 5.91 Å². The summed E-state index contributed by atoms with van der Waals surface area (Å²) < 4.78 is 10.4. The molecule has 0 heterocycles. The van der Waals surface area contributed by atoms with Crippen LogP contribution in [0.2, 0.25) is 0 Å². The van der Waals surface area contributed by atoms with E-state index in [1.807, 2.05) is 31.2 Å². The molecule has 120 valence electrons. The van der Waals surface area contributed by atoms with Crippen molar-refractivity contribution < 1.29 is 19.1 Å². The zero-order chi connectivity index (χ0) is 15.8. The van der Waals surface area contributed by atoms with Gasteiger partial charge in [-0.05, 0) is 37.5 Å². The van der Waals surface area contributed by atoms with E-state index in [1.165, 1.54) is 0 Å². The minimum absolute atomic E-state index is 0.156. The van der Waals surface area contributed by atoms with E-state index < -0.39 is 5.97 Å². The average molecular weight is 305 g/mol. The molecule has 0 unspecified atom stereocenters. The molecular formula is C17H23NO4. The molecule has 0 radical (unpaired) electrons. The first-order chi connectivity index (χ1) is 10.7. The summed E-state index contributed by atoms with van der Waals surface area (Å²) in [5.41, 5.74) is 0.838. The Morgan fingerprint density at radius 2 is 1.86 bits per heavy atom. The summed E-state index contributed by atoms with van der Waals surface area (Å²) in [7, 11) is 0. The summed E-state index contributed by atoms with van der Waals surface area (Å²) in [6.07, 6.45) is 4.51. The number of carbonyl (C=O) groups is 2. The van der Waals surface area contributed by atoms with Crippen LogP contribution < -0.4 is 10.1 Å². The molecule has 1 saturated carbocycles. The molecule has 1 aliphatic carbocycles. The third kappa shape index (κ3) is 5.39. The van der Waals surface area contributed by atoms with Crippen LogP contribution in [0.3, 0.4) is 0 Å². The fourth-order valence-corrected chi connectivity index (χ4v) is 2.57. The van der Waals surface area contributed by atoms with Crippen molar-refractivity contribution in [1.82, 2.24) is 5.32 Å². The van der Waals surface area contributed by atoms with Crippen LogP contribution in [0.5, 0.6) is 5.75 Å². The average Bonchev–Trinajstić information content (AvgIpc) is 3.00. The molecule has 1 aromatic carbocycles. The Morgan fingerprint density at radius 1 is 1.18 bits per heavy atom. The summed E-state index contributed by atoms with van der Waals surface area (Å²) in [6, 6.07) is 7.53. The van der Waals surface area contributed by atoms with Crippen molar-refractivity contribution in [3.8, 4) is 5.75 Å². The maximum atomic E-state index is 11.7. The van der Waals surface area contributed by atoms with E-state index in [9.17, 15) is 9.59 Å². The second-order valence-corrected chi connectivity index (χ2v) is 5.46. The maximum Gasteiger partial charge on any atom is 0.310 e. The van der Waals surface area contributed by atoms with Gasteiger partial charge in [-0.25, -0.2) is 0 Å². The van der Waals surface area contributed by atoms with Gasteiger partial charge in [0.15, 0.2) is 6.61 Å². The lowest BCUT2D eigenvalue weighted by Crippen LogP contribution is -2.36. The number of nitrogens with one attached hydrogen (secondary N) is 1. The molecule has 5 nitrogen and oxygen atoms in total. The van der Waals surface area contributed by atoms with E-state index in [0.717, 1.165) is 37.0 Å². The van der Waals surface area contributed by atoms with E-state index in [4.69, 9.17) is 9.47 Å². The zero-order valence-corrected chi connectivity index (χ0v) is 13.0. The van der Waals surface area contributed by atoms with Crippen LogP contribution in [-0.2, 0) is 20.7 Å². The van der Waals surface area contributed by atoms with E-state index in [1.54, 1.807) is 0 Å². The highest BCUT2D eigenvalue weighted by Gasteiger charge is 2.17. The highest BCUT2D eigenvalue weighted by atomic mass is 16.5. The predicted octanol–water partition coefficient (Wildman–Crippen LogP) is 2.23. The van der Waals surface area contributed by atoms with Gasteiger partial charge in [0.05, 0.1) is 13.0 Å². The molecule has 0 saturated heterocycles. The van der Waals surface area contributed by atoms with Crippen LogP contribution in [0.25, 0.3) is 0 Å². The van der Waals surface area contributed by atoms with Crippen molar-refractivity contribution in [2.24, 2.45) is 0 Å². The largest absolute Gasteiger partial charge is 0.494 e. The summed E-state index contributed by atoms with van der Waals surface area (Å²) >= 11 is 0. The zero-order valence-electron chi connectivity index (χ0n) is 13.0. The number of esters is 1. The van der Waals surface area contributed by atoms with Crippen LogP contribution in [0.1, 0.15) is 38.2 Å². The Kier molecular flexibility index (Phi) is 6.25. The molecule has 0 bridgehead atoms. The van der Waals surface area contributed by atoms with E-state index >= 15 is 0 Å². The summed E-state index contributed by atoms with van der Waals surface area (Å²) in [5.74, 6) is 0.160. The van der Waals surface area contributed by atoms with E-state index in [2.05, 4.69) is 5.32 Å². The molecule has 5 heteroatoms. The highest BCUT2D eigenvalue weighted by molar-refractivity contribution is 5.81. The molecule has 2 rings (SSSR count). The van der Waals surface area contributed by atoms with Gasteiger partial charge >= 0.3 is 5.97 Å². The Hall–Kier alpha value is -2.04. The van der Waals surface area contributed by atoms with Crippen LogP contribution in [0.15, 0.2) is 24.3 Å². The topological polar surface area (TPSA) is 64.6 Å². The minimum atomic E-state index is -0.397. The summed E-state index contributed by atoms with van der Waals surface area (Å²) in [6.45, 7) is 2.33. The van der Waals surface area contributed by atoms with Gasteiger partial charge in [0.1, 0.15) is 5.75 Å². The number of carbonyl (C=O) groups excluding carboxylic acids is 2. The first kappa shape index (κ1) is 16.3. The number of hydrogen-bond acceptors (Lipinski definition) is 4. The number of amides is 1. The molecule has 0 atom stereocenters. The normalized spacial score (nSPS) is 14.6. The predicted molar refractivity (Wildman–Crippen MR) is 82.7 cm³/mol. The molecule has 22 heavy (non-hydrogen) atoms. The Morgan fingerprint density at radius 3 is 2.50 bits per heavy atom. The second-order valence-electron chi connectivity index (χ2n) is 5.46. The van der Waals surface area contributed by atoms with Crippen LogP contribution in [-0.4, -0.2) is 31.1 Å². The lowest BCUT2D eigenvalue weighted by molar-refractivity contribution is -0.148. The Bertz CT molecular complexity index is 492. The Balaban J connectivity index is 1.69. The van der Waals surface area contributed by atoms with E-state index in [-0.39, 0.29) is 25.0 Å². The quantitative estimate of drug-likeness (QED) is 0.785. The number of ether oxygens (including phenoxy) is 2. The minimum Gasteiger partial charge on any atom is -0.494 e. The second kappa shape index (κ2) is 8.41. The number of rotatable bonds is 7. The van der Waals surface area contributed by atoms with Crippen molar-refractivity contribution in [2.45, 2.75) is 45.1 Å². The lowest BCUT2D eigenvalue weighted by atomic mass is 10.1. The van der Waals surface area contributed by atoms with Crippen LogP contribution >= 0.6 is 0 Å². The van der Waals surface area contributed by atoms with Gasteiger partial charge < -0.3 is 14.8 Å². The monoisotopic (exact) mass is 305 g/mol. The van der Waals surface area contributed by atoms with E-state index in [0.29, 0.717) is 6.61 Å². The third-order valence-corrected chi connectivity index (χ3v) is 3.67. The van der Waals surface area contributed by atoms with Crippen molar-refractivity contribution in [1.29, 1.82) is 0 Å². The fraction of sp³-hybridized carbons (Fsp3) is 0.529.